The van der Waals surface area contributed by atoms with Gasteiger partial charge in [-0.3, -0.25) is 0 Å². The number of ether oxygens (including phenoxy) is 1. The van der Waals surface area contributed by atoms with Crippen LogP contribution in [0.3, 0.4) is 0 Å². The molecular formula is C14H18N2O2S. The largest absolute Gasteiger partial charge is 0.496 e. The van der Waals surface area contributed by atoms with Crippen LogP contribution in [0.4, 0.5) is 0 Å². The van der Waals surface area contributed by atoms with Gasteiger partial charge in [0.25, 0.3) is 4.84 Å². The summed E-state index contributed by atoms with van der Waals surface area (Å²) in [5.41, 5.74) is 3.54. The summed E-state index contributed by atoms with van der Waals surface area (Å²) in [7, 11) is 1.70. The number of hydrogen-bond acceptors (Lipinski definition) is 4. The molecule has 1 atom stereocenters. The van der Waals surface area contributed by atoms with Gasteiger partial charge in [-0.05, 0) is 43.1 Å². The summed E-state index contributed by atoms with van der Waals surface area (Å²) in [6, 6.07) is 4.27. The molecule has 0 aliphatic rings. The van der Waals surface area contributed by atoms with Gasteiger partial charge in [0, 0.05) is 6.42 Å². The molecule has 0 spiro atoms. The zero-order valence-corrected chi connectivity index (χ0v) is 12.4. The van der Waals surface area contributed by atoms with Gasteiger partial charge in [0.2, 0.25) is 5.89 Å². The lowest BCUT2D eigenvalue weighted by Gasteiger charge is -2.17. The van der Waals surface area contributed by atoms with Gasteiger partial charge in [-0.25, -0.2) is 5.10 Å². The summed E-state index contributed by atoms with van der Waals surface area (Å²) in [5, 5.41) is 6.69. The maximum Gasteiger partial charge on any atom is 0.284 e. The van der Waals surface area contributed by atoms with E-state index in [2.05, 4.69) is 43.1 Å². The number of benzene rings is 1. The van der Waals surface area contributed by atoms with Gasteiger partial charge in [0.05, 0.1) is 7.11 Å². The third-order valence-electron chi connectivity index (χ3n) is 3.15. The van der Waals surface area contributed by atoms with Crippen LogP contribution in [0.15, 0.2) is 16.5 Å². The van der Waals surface area contributed by atoms with E-state index < -0.39 is 0 Å². The van der Waals surface area contributed by atoms with E-state index in [0.717, 1.165) is 11.3 Å². The SMILES string of the molecule is COc1c(C)cc(C)cc1C(C)Cc1n[nH]c(=S)o1. The van der Waals surface area contributed by atoms with Crippen molar-refractivity contribution in [2.75, 3.05) is 7.11 Å². The summed E-state index contributed by atoms with van der Waals surface area (Å²) < 4.78 is 10.8. The van der Waals surface area contributed by atoms with Crippen molar-refractivity contribution in [2.45, 2.75) is 33.1 Å². The molecule has 1 aromatic carbocycles. The molecule has 1 unspecified atom stereocenters. The standard InChI is InChI=1S/C14H18N2O2S/c1-8-5-10(3)13(17-4)11(6-8)9(2)7-12-15-16-14(19)18-12/h5-6,9H,7H2,1-4H3,(H,16,19). The lowest BCUT2D eigenvalue weighted by molar-refractivity contribution is 0.399. The van der Waals surface area contributed by atoms with Crippen molar-refractivity contribution >= 4 is 12.2 Å². The first-order chi connectivity index (χ1) is 9.01. The number of H-pyrrole nitrogens is 1. The molecule has 0 bridgehead atoms. The smallest absolute Gasteiger partial charge is 0.284 e. The van der Waals surface area contributed by atoms with Gasteiger partial charge in [-0.15, -0.1) is 5.10 Å². The van der Waals surface area contributed by atoms with E-state index >= 15 is 0 Å². The fourth-order valence-electron chi connectivity index (χ4n) is 2.35. The number of methoxy groups -OCH3 is 1. The van der Waals surface area contributed by atoms with Gasteiger partial charge in [0.1, 0.15) is 5.75 Å². The van der Waals surface area contributed by atoms with Crippen molar-refractivity contribution in [2.24, 2.45) is 0 Å². The van der Waals surface area contributed by atoms with Crippen molar-refractivity contribution < 1.29 is 9.15 Å². The highest BCUT2D eigenvalue weighted by Crippen LogP contribution is 2.32. The van der Waals surface area contributed by atoms with Crippen LogP contribution in [-0.2, 0) is 6.42 Å². The Morgan fingerprint density at radius 2 is 2.16 bits per heavy atom. The van der Waals surface area contributed by atoms with Crippen molar-refractivity contribution in [3.63, 3.8) is 0 Å². The summed E-state index contributed by atoms with van der Waals surface area (Å²) in [6.07, 6.45) is 0.687. The zero-order chi connectivity index (χ0) is 14.0. The monoisotopic (exact) mass is 278 g/mol. The number of aryl methyl sites for hydroxylation is 2. The first kappa shape index (κ1) is 13.8. The lowest BCUT2D eigenvalue weighted by atomic mass is 9.93. The molecule has 0 fully saturated rings. The molecule has 2 rings (SSSR count). The first-order valence-electron chi connectivity index (χ1n) is 6.20. The minimum absolute atomic E-state index is 0.245. The fraction of sp³-hybridized carbons (Fsp3) is 0.429. The molecule has 19 heavy (non-hydrogen) atoms. The molecule has 4 nitrogen and oxygen atoms in total. The second-order valence-corrected chi connectivity index (χ2v) is 5.19. The molecule has 0 amide bonds. The van der Waals surface area contributed by atoms with Gasteiger partial charge >= 0.3 is 0 Å². The minimum Gasteiger partial charge on any atom is -0.496 e. The molecular weight excluding hydrogens is 260 g/mol. The Morgan fingerprint density at radius 1 is 1.42 bits per heavy atom. The van der Waals surface area contributed by atoms with E-state index in [9.17, 15) is 0 Å². The molecule has 5 heteroatoms. The van der Waals surface area contributed by atoms with Crippen LogP contribution < -0.4 is 4.74 Å². The van der Waals surface area contributed by atoms with Crippen molar-refractivity contribution in [1.29, 1.82) is 0 Å². The van der Waals surface area contributed by atoms with Crippen LogP contribution in [0.2, 0.25) is 0 Å². The predicted octanol–water partition coefficient (Wildman–Crippen LogP) is 3.70. The summed E-state index contributed by atoms with van der Waals surface area (Å²) >= 11 is 4.88. The Labute approximate surface area is 117 Å². The number of rotatable bonds is 4. The van der Waals surface area contributed by atoms with Crippen molar-refractivity contribution in [1.82, 2.24) is 10.2 Å². The molecule has 1 N–H and O–H groups in total. The van der Waals surface area contributed by atoms with Crippen LogP contribution in [0.5, 0.6) is 5.75 Å². The number of nitrogens with one attached hydrogen (secondary N) is 1. The van der Waals surface area contributed by atoms with E-state index in [1.165, 1.54) is 11.1 Å². The summed E-state index contributed by atoms with van der Waals surface area (Å²) in [6.45, 7) is 6.27. The fourth-order valence-corrected chi connectivity index (χ4v) is 2.49. The topological polar surface area (TPSA) is 51.0 Å². The molecule has 0 saturated heterocycles. The first-order valence-corrected chi connectivity index (χ1v) is 6.61. The molecule has 102 valence electrons. The van der Waals surface area contributed by atoms with Crippen LogP contribution in [0.25, 0.3) is 0 Å². The van der Waals surface area contributed by atoms with E-state index in [1.54, 1.807) is 7.11 Å². The summed E-state index contributed by atoms with van der Waals surface area (Å²) in [5.74, 6) is 1.81. The Morgan fingerprint density at radius 3 is 2.74 bits per heavy atom. The van der Waals surface area contributed by atoms with E-state index in [0.29, 0.717) is 17.1 Å². The molecule has 0 aliphatic carbocycles. The maximum absolute atomic E-state index is 5.52. The normalized spacial score (nSPS) is 12.4. The Kier molecular flexibility index (Phi) is 4.04. The molecule has 1 heterocycles. The van der Waals surface area contributed by atoms with Gasteiger partial charge < -0.3 is 9.15 Å². The molecule has 1 aromatic heterocycles. The Bertz CT molecular complexity index is 631. The molecule has 0 aliphatic heterocycles. The van der Waals surface area contributed by atoms with E-state index in [1.807, 2.05) is 0 Å². The van der Waals surface area contributed by atoms with Crippen molar-refractivity contribution in [3.8, 4) is 5.75 Å². The molecule has 2 aromatic rings. The second kappa shape index (κ2) is 5.57. The summed E-state index contributed by atoms with van der Waals surface area (Å²) in [4.78, 5) is 0.314. The number of aromatic nitrogens is 2. The predicted molar refractivity (Wildman–Crippen MR) is 76.3 cm³/mol. The third-order valence-corrected chi connectivity index (χ3v) is 3.32. The van der Waals surface area contributed by atoms with Crippen LogP contribution in [-0.4, -0.2) is 17.3 Å². The highest BCUT2D eigenvalue weighted by molar-refractivity contribution is 7.71. The minimum atomic E-state index is 0.245. The van der Waals surface area contributed by atoms with E-state index in [-0.39, 0.29) is 5.92 Å². The lowest BCUT2D eigenvalue weighted by Crippen LogP contribution is -2.03. The second-order valence-electron chi connectivity index (χ2n) is 4.82. The average Bonchev–Trinajstić information content (AvgIpc) is 2.73. The van der Waals surface area contributed by atoms with Crippen LogP contribution >= 0.6 is 12.2 Å². The maximum atomic E-state index is 5.52. The number of hydrogen-bond donors (Lipinski definition) is 1. The zero-order valence-electron chi connectivity index (χ0n) is 11.6. The molecule has 0 radical (unpaired) electrons. The van der Waals surface area contributed by atoms with Gasteiger partial charge in [-0.1, -0.05) is 24.6 Å². The quantitative estimate of drug-likeness (QED) is 0.866. The highest BCUT2D eigenvalue weighted by Gasteiger charge is 2.16. The van der Waals surface area contributed by atoms with Crippen LogP contribution in [0, 0.1) is 18.7 Å². The highest BCUT2D eigenvalue weighted by atomic mass is 32.1. The van der Waals surface area contributed by atoms with Crippen LogP contribution in [0.1, 0.15) is 35.4 Å². The Hall–Kier alpha value is -1.62. The van der Waals surface area contributed by atoms with E-state index in [4.69, 9.17) is 21.4 Å². The third kappa shape index (κ3) is 3.04. The number of nitrogens with zero attached hydrogens (tertiary/aromatic N) is 1. The van der Waals surface area contributed by atoms with Gasteiger partial charge in [-0.2, -0.15) is 0 Å². The molecule has 0 saturated carbocycles. The van der Waals surface area contributed by atoms with Gasteiger partial charge in [0.15, 0.2) is 0 Å². The Balaban J connectivity index is 2.32. The van der Waals surface area contributed by atoms with Crippen molar-refractivity contribution in [3.05, 3.63) is 39.6 Å². The average molecular weight is 278 g/mol. The number of aromatic amines is 1.